The standard InChI is InChI=1S/C16H15ClN2O3/c17-14-5-3-11(9-13(14)16(20)21)18-10-12-4-6-15(22-12)19-7-1-2-8-19/h3-6,9-10H,1-2,7-8H2,(H,20,21). The predicted octanol–water partition coefficient (Wildman–Crippen LogP) is 3.98. The first kappa shape index (κ1) is 14.7. The van der Waals surface area contributed by atoms with Gasteiger partial charge in [0.2, 0.25) is 0 Å². The number of halogens is 1. The first-order valence-corrected chi connectivity index (χ1v) is 7.43. The SMILES string of the molecule is O=C(O)c1cc(N=Cc2ccc(N3CCCC3)o2)ccc1Cl. The number of hydrogen-bond donors (Lipinski definition) is 1. The van der Waals surface area contributed by atoms with E-state index in [1.165, 1.54) is 25.0 Å². The van der Waals surface area contributed by atoms with Crippen LogP contribution in [0.4, 0.5) is 11.6 Å². The average molecular weight is 319 g/mol. The van der Waals surface area contributed by atoms with E-state index in [1.54, 1.807) is 12.3 Å². The summed E-state index contributed by atoms with van der Waals surface area (Å²) in [5, 5.41) is 9.23. The molecule has 22 heavy (non-hydrogen) atoms. The van der Waals surface area contributed by atoms with Crippen LogP contribution in [0.1, 0.15) is 29.0 Å². The van der Waals surface area contributed by atoms with Crippen molar-refractivity contribution < 1.29 is 14.3 Å². The van der Waals surface area contributed by atoms with Crippen LogP contribution in [0.3, 0.4) is 0 Å². The van der Waals surface area contributed by atoms with E-state index >= 15 is 0 Å². The van der Waals surface area contributed by atoms with Gasteiger partial charge in [-0.1, -0.05) is 11.6 Å². The van der Waals surface area contributed by atoms with Crippen LogP contribution in [-0.2, 0) is 0 Å². The number of carboxylic acids is 1. The molecule has 0 bridgehead atoms. The third-order valence-corrected chi connectivity index (χ3v) is 3.88. The summed E-state index contributed by atoms with van der Waals surface area (Å²) in [4.78, 5) is 17.5. The lowest BCUT2D eigenvalue weighted by atomic mass is 10.2. The fraction of sp³-hybridized carbons (Fsp3) is 0.250. The molecule has 1 N–H and O–H groups in total. The average Bonchev–Trinajstić information content (AvgIpc) is 3.17. The number of carboxylic acid groups (broad SMARTS) is 1. The highest BCUT2D eigenvalue weighted by molar-refractivity contribution is 6.33. The minimum absolute atomic E-state index is 0.0357. The molecule has 0 aliphatic carbocycles. The summed E-state index contributed by atoms with van der Waals surface area (Å²) in [5.41, 5.74) is 0.550. The van der Waals surface area contributed by atoms with Crippen LogP contribution in [0, 0.1) is 0 Å². The molecule has 1 aliphatic rings. The van der Waals surface area contributed by atoms with Crippen molar-refractivity contribution in [3.8, 4) is 0 Å². The lowest BCUT2D eigenvalue weighted by Crippen LogP contribution is -2.16. The zero-order chi connectivity index (χ0) is 15.5. The summed E-state index contributed by atoms with van der Waals surface area (Å²) in [6, 6.07) is 8.40. The van der Waals surface area contributed by atoms with Gasteiger partial charge in [0.25, 0.3) is 0 Å². The molecule has 3 rings (SSSR count). The molecule has 1 aliphatic heterocycles. The van der Waals surface area contributed by atoms with Crippen LogP contribution >= 0.6 is 11.6 Å². The number of anilines is 1. The highest BCUT2D eigenvalue weighted by Gasteiger charge is 2.15. The topological polar surface area (TPSA) is 66.0 Å². The van der Waals surface area contributed by atoms with Crippen molar-refractivity contribution in [1.82, 2.24) is 0 Å². The molecule has 0 radical (unpaired) electrons. The lowest BCUT2D eigenvalue weighted by Gasteiger charge is -2.12. The Morgan fingerprint density at radius 1 is 1.27 bits per heavy atom. The molecular weight excluding hydrogens is 304 g/mol. The van der Waals surface area contributed by atoms with E-state index in [9.17, 15) is 4.79 Å². The Bertz CT molecular complexity index is 718. The lowest BCUT2D eigenvalue weighted by molar-refractivity contribution is 0.0697. The zero-order valence-electron chi connectivity index (χ0n) is 11.8. The van der Waals surface area contributed by atoms with Crippen molar-refractivity contribution in [3.05, 3.63) is 46.7 Å². The Kier molecular flexibility index (Phi) is 4.15. The van der Waals surface area contributed by atoms with Crippen molar-refractivity contribution in [3.63, 3.8) is 0 Å². The Balaban J connectivity index is 1.76. The van der Waals surface area contributed by atoms with Crippen LogP contribution in [0.15, 0.2) is 39.7 Å². The molecule has 0 atom stereocenters. The molecule has 1 aromatic carbocycles. The fourth-order valence-electron chi connectivity index (χ4n) is 2.41. The van der Waals surface area contributed by atoms with E-state index in [0.29, 0.717) is 11.4 Å². The molecule has 5 nitrogen and oxygen atoms in total. The van der Waals surface area contributed by atoms with Crippen molar-refractivity contribution >= 4 is 35.4 Å². The van der Waals surface area contributed by atoms with E-state index in [0.717, 1.165) is 19.0 Å². The predicted molar refractivity (Wildman–Crippen MR) is 85.8 cm³/mol. The molecule has 0 spiro atoms. The molecule has 0 amide bonds. The number of carbonyl (C=O) groups is 1. The number of hydrogen-bond acceptors (Lipinski definition) is 4. The number of benzene rings is 1. The van der Waals surface area contributed by atoms with Gasteiger partial charge < -0.3 is 14.4 Å². The molecule has 6 heteroatoms. The summed E-state index contributed by atoms with van der Waals surface area (Å²) in [5.74, 6) is 0.409. The number of nitrogens with zero attached hydrogens (tertiary/aromatic N) is 2. The van der Waals surface area contributed by atoms with E-state index in [1.807, 2.05) is 12.1 Å². The Morgan fingerprint density at radius 2 is 2.05 bits per heavy atom. The van der Waals surface area contributed by atoms with Crippen molar-refractivity contribution in [2.45, 2.75) is 12.8 Å². The number of rotatable bonds is 4. The number of furan rings is 1. The highest BCUT2D eigenvalue weighted by atomic mass is 35.5. The molecular formula is C16H15ClN2O3. The van der Waals surface area contributed by atoms with Gasteiger partial charge in [-0.2, -0.15) is 0 Å². The molecule has 0 saturated carbocycles. The highest BCUT2D eigenvalue weighted by Crippen LogP contribution is 2.24. The van der Waals surface area contributed by atoms with Crippen LogP contribution in [0.5, 0.6) is 0 Å². The largest absolute Gasteiger partial charge is 0.478 e. The van der Waals surface area contributed by atoms with Crippen molar-refractivity contribution in [1.29, 1.82) is 0 Å². The maximum absolute atomic E-state index is 11.0. The molecule has 0 unspecified atom stereocenters. The van der Waals surface area contributed by atoms with E-state index in [2.05, 4.69) is 9.89 Å². The van der Waals surface area contributed by atoms with Gasteiger partial charge in [0.15, 0.2) is 5.88 Å². The Hall–Kier alpha value is -2.27. The van der Waals surface area contributed by atoms with Gasteiger partial charge in [-0.3, -0.25) is 4.99 Å². The van der Waals surface area contributed by atoms with E-state index < -0.39 is 5.97 Å². The van der Waals surface area contributed by atoms with Crippen LogP contribution < -0.4 is 4.90 Å². The van der Waals surface area contributed by atoms with Crippen LogP contribution in [0.2, 0.25) is 5.02 Å². The summed E-state index contributed by atoms with van der Waals surface area (Å²) in [6.07, 6.45) is 3.95. The normalized spacial score (nSPS) is 14.9. The second-order valence-electron chi connectivity index (χ2n) is 5.10. The Labute approximate surface area is 132 Å². The smallest absolute Gasteiger partial charge is 0.337 e. The summed E-state index contributed by atoms with van der Waals surface area (Å²) < 4.78 is 5.72. The Morgan fingerprint density at radius 3 is 2.77 bits per heavy atom. The second kappa shape index (κ2) is 6.23. The molecule has 1 saturated heterocycles. The summed E-state index contributed by atoms with van der Waals surface area (Å²) in [7, 11) is 0. The van der Waals surface area contributed by atoms with Gasteiger partial charge in [0.05, 0.1) is 22.5 Å². The first-order valence-electron chi connectivity index (χ1n) is 7.05. The van der Waals surface area contributed by atoms with Crippen molar-refractivity contribution in [2.75, 3.05) is 18.0 Å². The molecule has 1 fully saturated rings. The minimum atomic E-state index is -1.07. The maximum Gasteiger partial charge on any atom is 0.337 e. The summed E-state index contributed by atoms with van der Waals surface area (Å²) in [6.45, 7) is 2.03. The number of aromatic carboxylic acids is 1. The van der Waals surface area contributed by atoms with Gasteiger partial charge in [-0.15, -0.1) is 0 Å². The molecule has 2 heterocycles. The van der Waals surface area contributed by atoms with Gasteiger partial charge in [-0.05, 0) is 37.1 Å². The quantitative estimate of drug-likeness (QED) is 0.866. The van der Waals surface area contributed by atoms with Crippen molar-refractivity contribution in [2.24, 2.45) is 4.99 Å². The molecule has 2 aromatic rings. The maximum atomic E-state index is 11.0. The summed E-state index contributed by atoms with van der Waals surface area (Å²) >= 11 is 5.83. The molecule has 114 valence electrons. The van der Waals surface area contributed by atoms with Gasteiger partial charge in [-0.25, -0.2) is 4.79 Å². The monoisotopic (exact) mass is 318 g/mol. The molecule has 1 aromatic heterocycles. The van der Waals surface area contributed by atoms with Crippen LogP contribution in [0.25, 0.3) is 0 Å². The minimum Gasteiger partial charge on any atom is -0.478 e. The zero-order valence-corrected chi connectivity index (χ0v) is 12.6. The van der Waals surface area contributed by atoms with E-state index in [4.69, 9.17) is 21.1 Å². The third kappa shape index (κ3) is 3.14. The first-order chi connectivity index (χ1) is 10.6. The van der Waals surface area contributed by atoms with Gasteiger partial charge in [0, 0.05) is 19.2 Å². The van der Waals surface area contributed by atoms with E-state index in [-0.39, 0.29) is 10.6 Å². The number of aliphatic imine (C=N–C) groups is 1. The third-order valence-electron chi connectivity index (χ3n) is 3.55. The second-order valence-corrected chi connectivity index (χ2v) is 5.50. The van der Waals surface area contributed by atoms with Crippen LogP contribution in [-0.4, -0.2) is 30.4 Å². The van der Waals surface area contributed by atoms with Gasteiger partial charge >= 0.3 is 5.97 Å². The fourth-order valence-corrected chi connectivity index (χ4v) is 2.61. The van der Waals surface area contributed by atoms with Gasteiger partial charge in [0.1, 0.15) is 5.76 Å².